The monoisotopic (exact) mass is 275 g/mol. The van der Waals surface area contributed by atoms with E-state index in [4.69, 9.17) is 5.11 Å². The molecule has 1 rings (SSSR count). The minimum atomic E-state index is -1.14. The number of hydrogen-bond acceptors (Lipinski definition) is 4. The molecule has 104 valence electrons. The van der Waals surface area contributed by atoms with Gasteiger partial charge < -0.3 is 15.2 Å². The van der Waals surface area contributed by atoms with Crippen LogP contribution in [0, 0.1) is 11.8 Å². The van der Waals surface area contributed by atoms with E-state index in [0.717, 1.165) is 0 Å². The van der Waals surface area contributed by atoms with Crippen molar-refractivity contribution in [3.8, 4) is 11.8 Å². The van der Waals surface area contributed by atoms with Gasteiger partial charge >= 0.3 is 11.9 Å². The quantitative estimate of drug-likeness (QED) is 0.613. The molecule has 0 unspecified atom stereocenters. The summed E-state index contributed by atoms with van der Waals surface area (Å²) in [6.45, 7) is 1.39. The topological polar surface area (TPSA) is 92.7 Å². The highest BCUT2D eigenvalue weighted by atomic mass is 16.5. The Morgan fingerprint density at radius 3 is 2.65 bits per heavy atom. The lowest BCUT2D eigenvalue weighted by Gasteiger charge is -2.04. The highest BCUT2D eigenvalue weighted by Gasteiger charge is 2.10. The third-order valence-corrected chi connectivity index (χ3v) is 2.15. The standard InChI is InChI=1S/C14H13NO5/c1-2-20-13(18)8-7-10-5-3-4-6-11(10)14(19)15-9-12(16)17/h3-6H,2,9H2,1H3,(H,15,19)(H,16,17). The van der Waals surface area contributed by atoms with Crippen LogP contribution in [0.4, 0.5) is 0 Å². The van der Waals surface area contributed by atoms with Crippen LogP contribution in [0.25, 0.3) is 0 Å². The fourth-order valence-electron chi connectivity index (χ4n) is 1.33. The molecule has 0 bridgehead atoms. The Kier molecular flexibility index (Phi) is 5.78. The van der Waals surface area contributed by atoms with E-state index in [0.29, 0.717) is 5.56 Å². The number of nitrogens with one attached hydrogen (secondary N) is 1. The van der Waals surface area contributed by atoms with Gasteiger partial charge in [-0.05, 0) is 19.1 Å². The summed E-state index contributed by atoms with van der Waals surface area (Å²) in [6, 6.07) is 6.32. The zero-order valence-corrected chi connectivity index (χ0v) is 10.8. The first-order valence-corrected chi connectivity index (χ1v) is 5.82. The maximum atomic E-state index is 11.8. The molecule has 20 heavy (non-hydrogen) atoms. The van der Waals surface area contributed by atoms with Crippen LogP contribution < -0.4 is 5.32 Å². The van der Waals surface area contributed by atoms with E-state index in [-0.39, 0.29) is 12.2 Å². The number of rotatable bonds is 4. The molecule has 0 aliphatic heterocycles. The molecule has 0 fully saturated rings. The smallest absolute Gasteiger partial charge is 0.384 e. The van der Waals surface area contributed by atoms with Crippen LogP contribution >= 0.6 is 0 Å². The highest BCUT2D eigenvalue weighted by Crippen LogP contribution is 2.07. The molecule has 1 aromatic carbocycles. The molecule has 0 aliphatic rings. The summed E-state index contributed by atoms with van der Waals surface area (Å²) in [5.74, 6) is 2.39. The fraction of sp³-hybridized carbons (Fsp3) is 0.214. The average Bonchev–Trinajstić information content (AvgIpc) is 2.43. The predicted molar refractivity (Wildman–Crippen MR) is 69.9 cm³/mol. The van der Waals surface area contributed by atoms with Crippen molar-refractivity contribution in [2.45, 2.75) is 6.92 Å². The van der Waals surface area contributed by atoms with Crippen molar-refractivity contribution in [3.05, 3.63) is 35.4 Å². The molecular formula is C14H13NO5. The van der Waals surface area contributed by atoms with Crippen molar-refractivity contribution in [1.82, 2.24) is 5.32 Å². The molecule has 0 atom stereocenters. The molecule has 1 aromatic rings. The van der Waals surface area contributed by atoms with Crippen LogP contribution in [0.5, 0.6) is 0 Å². The third kappa shape index (κ3) is 4.82. The van der Waals surface area contributed by atoms with E-state index in [9.17, 15) is 14.4 Å². The number of esters is 1. The van der Waals surface area contributed by atoms with Crippen LogP contribution in [-0.2, 0) is 14.3 Å². The molecule has 0 heterocycles. The molecule has 0 aliphatic carbocycles. The predicted octanol–water partition coefficient (Wildman–Crippen LogP) is 0.416. The summed E-state index contributed by atoms with van der Waals surface area (Å²) < 4.78 is 4.65. The lowest BCUT2D eigenvalue weighted by molar-refractivity contribution is -0.136. The van der Waals surface area contributed by atoms with Gasteiger partial charge in [0.15, 0.2) is 0 Å². The van der Waals surface area contributed by atoms with Gasteiger partial charge in [0.25, 0.3) is 5.91 Å². The Morgan fingerprint density at radius 2 is 2.00 bits per heavy atom. The first-order chi connectivity index (χ1) is 9.54. The van der Waals surface area contributed by atoms with Crippen LogP contribution in [0.2, 0.25) is 0 Å². The van der Waals surface area contributed by atoms with Crippen molar-refractivity contribution in [2.24, 2.45) is 0 Å². The van der Waals surface area contributed by atoms with E-state index < -0.39 is 24.4 Å². The summed E-state index contributed by atoms with van der Waals surface area (Å²) in [4.78, 5) is 33.3. The maximum Gasteiger partial charge on any atom is 0.384 e. The van der Waals surface area contributed by atoms with Crippen LogP contribution in [0.1, 0.15) is 22.8 Å². The van der Waals surface area contributed by atoms with E-state index in [2.05, 4.69) is 21.9 Å². The van der Waals surface area contributed by atoms with Crippen molar-refractivity contribution < 1.29 is 24.2 Å². The van der Waals surface area contributed by atoms with Crippen LogP contribution in [0.3, 0.4) is 0 Å². The lowest BCUT2D eigenvalue weighted by atomic mass is 10.1. The SMILES string of the molecule is CCOC(=O)C#Cc1ccccc1C(=O)NCC(=O)O. The van der Waals surface area contributed by atoms with Crippen molar-refractivity contribution >= 4 is 17.8 Å². The van der Waals surface area contributed by atoms with Gasteiger partial charge in [0.1, 0.15) is 6.54 Å². The molecule has 0 aromatic heterocycles. The summed E-state index contributed by atoms with van der Waals surface area (Å²) >= 11 is 0. The van der Waals surface area contributed by atoms with E-state index >= 15 is 0 Å². The molecule has 0 saturated carbocycles. The first-order valence-electron chi connectivity index (χ1n) is 5.82. The third-order valence-electron chi connectivity index (χ3n) is 2.15. The molecular weight excluding hydrogens is 262 g/mol. The Labute approximate surface area is 115 Å². The molecule has 1 amide bonds. The van der Waals surface area contributed by atoms with Gasteiger partial charge in [-0.15, -0.1) is 0 Å². The number of carbonyl (C=O) groups is 3. The second-order valence-electron chi connectivity index (χ2n) is 3.59. The average molecular weight is 275 g/mol. The summed E-state index contributed by atoms with van der Waals surface area (Å²) in [6.07, 6.45) is 0. The number of carbonyl (C=O) groups excluding carboxylic acids is 2. The number of ether oxygens (including phenoxy) is 1. The Bertz CT molecular complexity index is 583. The minimum Gasteiger partial charge on any atom is -0.480 e. The second kappa shape index (κ2) is 7.59. The van der Waals surface area contributed by atoms with Gasteiger partial charge in [-0.1, -0.05) is 18.1 Å². The Hall–Kier alpha value is -2.81. The number of carboxylic acids is 1. The Balaban J connectivity index is 2.90. The summed E-state index contributed by atoms with van der Waals surface area (Å²) in [5, 5.41) is 10.7. The largest absolute Gasteiger partial charge is 0.480 e. The molecule has 6 heteroatoms. The van der Waals surface area contributed by atoms with E-state index in [1.807, 2.05) is 0 Å². The van der Waals surface area contributed by atoms with Gasteiger partial charge in [0.2, 0.25) is 0 Å². The highest BCUT2D eigenvalue weighted by molar-refractivity contribution is 5.98. The zero-order chi connectivity index (χ0) is 15.0. The van der Waals surface area contributed by atoms with E-state index in [1.54, 1.807) is 25.1 Å². The van der Waals surface area contributed by atoms with Gasteiger partial charge in [0, 0.05) is 11.5 Å². The van der Waals surface area contributed by atoms with Gasteiger partial charge in [-0.2, -0.15) is 0 Å². The van der Waals surface area contributed by atoms with E-state index in [1.165, 1.54) is 6.07 Å². The van der Waals surface area contributed by atoms with Gasteiger partial charge in [0.05, 0.1) is 12.2 Å². The molecule has 2 N–H and O–H groups in total. The molecule has 0 saturated heterocycles. The second-order valence-corrected chi connectivity index (χ2v) is 3.59. The first kappa shape index (κ1) is 15.2. The number of aliphatic carboxylic acids is 1. The van der Waals surface area contributed by atoms with Crippen molar-refractivity contribution in [3.63, 3.8) is 0 Å². The van der Waals surface area contributed by atoms with Gasteiger partial charge in [-0.3, -0.25) is 9.59 Å². The molecule has 0 spiro atoms. The normalized spacial score (nSPS) is 9.05. The number of amides is 1. The number of carboxylic acid groups (broad SMARTS) is 1. The maximum absolute atomic E-state index is 11.8. The molecule has 6 nitrogen and oxygen atoms in total. The summed E-state index contributed by atoms with van der Waals surface area (Å²) in [5.41, 5.74) is 0.522. The summed E-state index contributed by atoms with van der Waals surface area (Å²) in [7, 11) is 0. The minimum absolute atomic E-state index is 0.200. The zero-order valence-electron chi connectivity index (χ0n) is 10.8. The van der Waals surface area contributed by atoms with Crippen LogP contribution in [-0.4, -0.2) is 36.1 Å². The number of hydrogen-bond donors (Lipinski definition) is 2. The van der Waals surface area contributed by atoms with Gasteiger partial charge in [-0.25, -0.2) is 4.79 Å². The number of benzene rings is 1. The Morgan fingerprint density at radius 1 is 1.30 bits per heavy atom. The fourth-order valence-corrected chi connectivity index (χ4v) is 1.33. The lowest BCUT2D eigenvalue weighted by Crippen LogP contribution is -2.29. The van der Waals surface area contributed by atoms with Crippen LogP contribution in [0.15, 0.2) is 24.3 Å². The molecule has 0 radical (unpaired) electrons. The van der Waals surface area contributed by atoms with Crippen molar-refractivity contribution in [1.29, 1.82) is 0 Å². The van der Waals surface area contributed by atoms with Crippen molar-refractivity contribution in [2.75, 3.05) is 13.2 Å².